The SMILES string of the molecule is N#Cc1ccc(CNCc2cc(Br)cc3c2OCC3)cc1. The van der Waals surface area contributed by atoms with E-state index in [1.165, 1.54) is 16.7 Å². The lowest BCUT2D eigenvalue weighted by Gasteiger charge is -2.10. The molecule has 0 atom stereocenters. The van der Waals surface area contributed by atoms with Crippen molar-refractivity contribution < 1.29 is 4.74 Å². The predicted octanol–water partition coefficient (Wildman–Crippen LogP) is 3.55. The van der Waals surface area contributed by atoms with Crippen molar-refractivity contribution in [2.75, 3.05) is 6.61 Å². The minimum Gasteiger partial charge on any atom is -0.493 e. The lowest BCUT2D eigenvalue weighted by Crippen LogP contribution is -2.13. The summed E-state index contributed by atoms with van der Waals surface area (Å²) >= 11 is 3.55. The maximum Gasteiger partial charge on any atom is 0.127 e. The van der Waals surface area contributed by atoms with E-state index in [9.17, 15) is 0 Å². The first-order valence-electron chi connectivity index (χ1n) is 6.90. The standard InChI is InChI=1S/C17H15BrN2O/c18-16-7-14-5-6-21-17(14)15(8-16)11-20-10-13-3-1-12(9-19)2-4-13/h1-4,7-8,20H,5-6,10-11H2. The van der Waals surface area contributed by atoms with Crippen molar-refractivity contribution in [3.63, 3.8) is 0 Å². The van der Waals surface area contributed by atoms with E-state index in [0.717, 1.165) is 36.3 Å². The zero-order valence-electron chi connectivity index (χ0n) is 11.5. The number of rotatable bonds is 4. The molecule has 0 aromatic heterocycles. The highest BCUT2D eigenvalue weighted by Crippen LogP contribution is 2.32. The molecule has 0 saturated heterocycles. The molecule has 1 aliphatic rings. The van der Waals surface area contributed by atoms with E-state index >= 15 is 0 Å². The van der Waals surface area contributed by atoms with Crippen LogP contribution in [-0.4, -0.2) is 6.61 Å². The molecule has 2 aromatic carbocycles. The zero-order valence-corrected chi connectivity index (χ0v) is 13.1. The van der Waals surface area contributed by atoms with Crippen LogP contribution in [0.3, 0.4) is 0 Å². The van der Waals surface area contributed by atoms with Crippen LogP contribution in [0.2, 0.25) is 0 Å². The van der Waals surface area contributed by atoms with Crippen LogP contribution in [0.5, 0.6) is 5.75 Å². The highest BCUT2D eigenvalue weighted by Gasteiger charge is 2.16. The fourth-order valence-electron chi connectivity index (χ4n) is 2.52. The molecule has 0 amide bonds. The molecule has 0 bridgehead atoms. The van der Waals surface area contributed by atoms with Crippen molar-refractivity contribution in [3.8, 4) is 11.8 Å². The van der Waals surface area contributed by atoms with Gasteiger partial charge in [-0.2, -0.15) is 5.26 Å². The number of hydrogen-bond donors (Lipinski definition) is 1. The van der Waals surface area contributed by atoms with Crippen LogP contribution < -0.4 is 10.1 Å². The van der Waals surface area contributed by atoms with E-state index in [4.69, 9.17) is 10.00 Å². The third-order valence-electron chi connectivity index (χ3n) is 3.55. The van der Waals surface area contributed by atoms with Gasteiger partial charge in [0.2, 0.25) is 0 Å². The normalized spacial score (nSPS) is 12.6. The number of fused-ring (bicyclic) bond motifs is 1. The van der Waals surface area contributed by atoms with E-state index in [-0.39, 0.29) is 0 Å². The fraction of sp³-hybridized carbons (Fsp3) is 0.235. The molecule has 21 heavy (non-hydrogen) atoms. The number of halogens is 1. The molecule has 2 aromatic rings. The van der Waals surface area contributed by atoms with Gasteiger partial charge in [0.15, 0.2) is 0 Å². The van der Waals surface area contributed by atoms with Crippen molar-refractivity contribution in [2.24, 2.45) is 0 Å². The lowest BCUT2D eigenvalue weighted by molar-refractivity contribution is 0.352. The summed E-state index contributed by atoms with van der Waals surface area (Å²) in [5.74, 6) is 1.03. The van der Waals surface area contributed by atoms with Crippen molar-refractivity contribution in [1.82, 2.24) is 5.32 Å². The van der Waals surface area contributed by atoms with E-state index in [2.05, 4.69) is 39.4 Å². The van der Waals surface area contributed by atoms with Gasteiger partial charge in [-0.3, -0.25) is 0 Å². The molecule has 1 aliphatic heterocycles. The topological polar surface area (TPSA) is 45.0 Å². The number of nitrogens with zero attached hydrogens (tertiary/aromatic N) is 1. The summed E-state index contributed by atoms with van der Waals surface area (Å²) < 4.78 is 6.82. The monoisotopic (exact) mass is 342 g/mol. The second kappa shape index (κ2) is 6.30. The Balaban J connectivity index is 1.64. The minimum atomic E-state index is 0.692. The van der Waals surface area contributed by atoms with Crippen LogP contribution in [0.4, 0.5) is 0 Å². The van der Waals surface area contributed by atoms with E-state index in [1.54, 1.807) is 0 Å². The van der Waals surface area contributed by atoms with Crippen molar-refractivity contribution >= 4 is 15.9 Å². The maximum absolute atomic E-state index is 8.78. The Morgan fingerprint density at radius 2 is 2.00 bits per heavy atom. The Morgan fingerprint density at radius 1 is 1.19 bits per heavy atom. The van der Waals surface area contributed by atoms with Crippen LogP contribution in [-0.2, 0) is 19.5 Å². The smallest absolute Gasteiger partial charge is 0.127 e. The largest absolute Gasteiger partial charge is 0.493 e. The number of ether oxygens (including phenoxy) is 1. The summed E-state index contributed by atoms with van der Waals surface area (Å²) in [5, 5.41) is 12.2. The maximum atomic E-state index is 8.78. The Kier molecular flexibility index (Phi) is 4.23. The van der Waals surface area contributed by atoms with Crippen LogP contribution in [0.15, 0.2) is 40.9 Å². The van der Waals surface area contributed by atoms with Crippen molar-refractivity contribution in [1.29, 1.82) is 5.26 Å². The van der Waals surface area contributed by atoms with Gasteiger partial charge in [0.1, 0.15) is 5.75 Å². The van der Waals surface area contributed by atoms with Crippen molar-refractivity contribution in [3.05, 3.63) is 63.1 Å². The number of nitriles is 1. The molecule has 0 unspecified atom stereocenters. The minimum absolute atomic E-state index is 0.692. The number of hydrogen-bond acceptors (Lipinski definition) is 3. The van der Waals surface area contributed by atoms with Gasteiger partial charge in [0, 0.05) is 29.5 Å². The Labute approximate surface area is 132 Å². The predicted molar refractivity (Wildman–Crippen MR) is 85.0 cm³/mol. The van der Waals surface area contributed by atoms with Gasteiger partial charge >= 0.3 is 0 Å². The average Bonchev–Trinajstić information content (AvgIpc) is 2.96. The zero-order chi connectivity index (χ0) is 14.7. The van der Waals surface area contributed by atoms with E-state index in [0.29, 0.717) is 5.56 Å². The summed E-state index contributed by atoms with van der Waals surface area (Å²) in [6, 6.07) is 14.0. The third kappa shape index (κ3) is 3.26. The number of nitrogens with one attached hydrogen (secondary N) is 1. The van der Waals surface area contributed by atoms with Gasteiger partial charge in [0.25, 0.3) is 0 Å². The van der Waals surface area contributed by atoms with Gasteiger partial charge < -0.3 is 10.1 Å². The molecule has 0 radical (unpaired) electrons. The molecule has 1 heterocycles. The fourth-order valence-corrected chi connectivity index (χ4v) is 3.07. The first-order chi connectivity index (χ1) is 10.3. The summed E-state index contributed by atoms with van der Waals surface area (Å²) in [4.78, 5) is 0. The van der Waals surface area contributed by atoms with Gasteiger partial charge in [-0.25, -0.2) is 0 Å². The van der Waals surface area contributed by atoms with Crippen LogP contribution >= 0.6 is 15.9 Å². The quantitative estimate of drug-likeness (QED) is 0.924. The highest BCUT2D eigenvalue weighted by molar-refractivity contribution is 9.10. The van der Waals surface area contributed by atoms with E-state index in [1.807, 2.05) is 24.3 Å². The van der Waals surface area contributed by atoms with Crippen LogP contribution in [0.25, 0.3) is 0 Å². The molecule has 4 heteroatoms. The van der Waals surface area contributed by atoms with Gasteiger partial charge in [-0.05, 0) is 35.4 Å². The summed E-state index contributed by atoms with van der Waals surface area (Å²) in [7, 11) is 0. The molecular weight excluding hydrogens is 328 g/mol. The Morgan fingerprint density at radius 3 is 2.76 bits per heavy atom. The molecule has 0 spiro atoms. The summed E-state index contributed by atoms with van der Waals surface area (Å²) in [5.41, 5.74) is 4.32. The molecule has 0 aliphatic carbocycles. The molecule has 106 valence electrons. The van der Waals surface area contributed by atoms with Gasteiger partial charge in [0.05, 0.1) is 18.2 Å². The Bertz CT molecular complexity index is 689. The molecule has 1 N–H and O–H groups in total. The molecule has 3 nitrogen and oxygen atoms in total. The van der Waals surface area contributed by atoms with Gasteiger partial charge in [-0.1, -0.05) is 28.1 Å². The number of benzene rings is 2. The van der Waals surface area contributed by atoms with Gasteiger partial charge in [-0.15, -0.1) is 0 Å². The third-order valence-corrected chi connectivity index (χ3v) is 4.01. The second-order valence-corrected chi connectivity index (χ2v) is 5.98. The molecule has 0 fully saturated rings. The summed E-state index contributed by atoms with van der Waals surface area (Å²) in [6.45, 7) is 2.31. The first kappa shape index (κ1) is 14.1. The first-order valence-corrected chi connectivity index (χ1v) is 7.69. The average molecular weight is 343 g/mol. The molecule has 0 saturated carbocycles. The Hall–Kier alpha value is -1.83. The second-order valence-electron chi connectivity index (χ2n) is 5.06. The van der Waals surface area contributed by atoms with Crippen LogP contribution in [0.1, 0.15) is 22.3 Å². The lowest BCUT2D eigenvalue weighted by atomic mass is 10.1. The summed E-state index contributed by atoms with van der Waals surface area (Å²) in [6.07, 6.45) is 0.984. The van der Waals surface area contributed by atoms with E-state index < -0.39 is 0 Å². The van der Waals surface area contributed by atoms with Crippen molar-refractivity contribution in [2.45, 2.75) is 19.5 Å². The molecular formula is C17H15BrN2O. The van der Waals surface area contributed by atoms with Crippen LogP contribution in [0, 0.1) is 11.3 Å². The highest BCUT2D eigenvalue weighted by atomic mass is 79.9. The molecule has 3 rings (SSSR count).